The summed E-state index contributed by atoms with van der Waals surface area (Å²) in [6.45, 7) is 9.93. The van der Waals surface area contributed by atoms with Crippen molar-refractivity contribution in [1.82, 2.24) is 10.2 Å². The van der Waals surface area contributed by atoms with E-state index >= 15 is 0 Å². The standard InChI is InChI=1S/C11H22N2O2/c1-7-5-13(6-8(2)12-7)10(4)9(3)11(14)15/h7-10,12H,5-6H2,1-4H3,(H,14,15). The highest BCUT2D eigenvalue weighted by atomic mass is 16.4. The Hall–Kier alpha value is -0.610. The van der Waals surface area contributed by atoms with E-state index in [0.29, 0.717) is 12.1 Å². The molecule has 0 aromatic rings. The first-order chi connectivity index (χ1) is 6.91. The summed E-state index contributed by atoms with van der Waals surface area (Å²) >= 11 is 0. The molecule has 15 heavy (non-hydrogen) atoms. The van der Waals surface area contributed by atoms with E-state index in [1.807, 2.05) is 6.92 Å². The third kappa shape index (κ3) is 3.18. The average molecular weight is 214 g/mol. The highest BCUT2D eigenvalue weighted by molar-refractivity contribution is 5.70. The van der Waals surface area contributed by atoms with Crippen molar-refractivity contribution in [2.45, 2.75) is 45.8 Å². The Morgan fingerprint density at radius 1 is 1.33 bits per heavy atom. The van der Waals surface area contributed by atoms with Gasteiger partial charge in [-0.1, -0.05) is 6.92 Å². The van der Waals surface area contributed by atoms with Crippen LogP contribution in [-0.2, 0) is 4.79 Å². The molecule has 88 valence electrons. The van der Waals surface area contributed by atoms with Crippen LogP contribution in [0.1, 0.15) is 27.7 Å². The molecule has 1 fully saturated rings. The van der Waals surface area contributed by atoms with Crippen LogP contribution in [0.15, 0.2) is 0 Å². The largest absolute Gasteiger partial charge is 0.481 e. The Morgan fingerprint density at radius 3 is 2.20 bits per heavy atom. The number of hydrogen-bond donors (Lipinski definition) is 2. The number of hydrogen-bond acceptors (Lipinski definition) is 3. The molecule has 1 aliphatic heterocycles. The Bertz CT molecular complexity index is 223. The molecule has 0 amide bonds. The minimum Gasteiger partial charge on any atom is -0.481 e. The monoisotopic (exact) mass is 214 g/mol. The zero-order valence-electron chi connectivity index (χ0n) is 10.0. The van der Waals surface area contributed by atoms with Gasteiger partial charge in [0.15, 0.2) is 0 Å². The SMILES string of the molecule is CC1CN(C(C)C(C)C(=O)O)CC(C)N1. The molecule has 0 aromatic carbocycles. The Kier molecular flexibility index (Phi) is 4.11. The number of carbonyl (C=O) groups is 1. The van der Waals surface area contributed by atoms with Gasteiger partial charge in [0.1, 0.15) is 0 Å². The van der Waals surface area contributed by atoms with Crippen LogP contribution in [0.3, 0.4) is 0 Å². The van der Waals surface area contributed by atoms with Gasteiger partial charge in [0, 0.05) is 31.2 Å². The van der Waals surface area contributed by atoms with E-state index in [0.717, 1.165) is 13.1 Å². The van der Waals surface area contributed by atoms with Crippen LogP contribution in [0.2, 0.25) is 0 Å². The first-order valence-corrected chi connectivity index (χ1v) is 5.64. The molecule has 1 aliphatic rings. The van der Waals surface area contributed by atoms with Gasteiger partial charge >= 0.3 is 5.97 Å². The van der Waals surface area contributed by atoms with Gasteiger partial charge in [-0.05, 0) is 20.8 Å². The molecule has 0 aromatic heterocycles. The van der Waals surface area contributed by atoms with Crippen LogP contribution in [0.4, 0.5) is 0 Å². The van der Waals surface area contributed by atoms with Crippen molar-refractivity contribution >= 4 is 5.97 Å². The average Bonchev–Trinajstić information content (AvgIpc) is 2.13. The smallest absolute Gasteiger partial charge is 0.307 e. The molecule has 1 heterocycles. The van der Waals surface area contributed by atoms with Crippen LogP contribution in [-0.4, -0.2) is 47.2 Å². The van der Waals surface area contributed by atoms with Crippen molar-refractivity contribution in [3.8, 4) is 0 Å². The molecular formula is C11H22N2O2. The topological polar surface area (TPSA) is 52.6 Å². The summed E-state index contributed by atoms with van der Waals surface area (Å²) < 4.78 is 0. The number of piperazine rings is 1. The van der Waals surface area contributed by atoms with E-state index in [4.69, 9.17) is 5.11 Å². The molecule has 0 saturated carbocycles. The van der Waals surface area contributed by atoms with Crippen molar-refractivity contribution in [2.24, 2.45) is 5.92 Å². The quantitative estimate of drug-likeness (QED) is 0.729. The van der Waals surface area contributed by atoms with Crippen molar-refractivity contribution in [3.05, 3.63) is 0 Å². The van der Waals surface area contributed by atoms with E-state index in [2.05, 4.69) is 24.1 Å². The van der Waals surface area contributed by atoms with Crippen LogP contribution in [0.5, 0.6) is 0 Å². The molecule has 0 spiro atoms. The fraction of sp³-hybridized carbons (Fsp3) is 0.909. The molecule has 1 rings (SSSR count). The van der Waals surface area contributed by atoms with Gasteiger partial charge in [0.25, 0.3) is 0 Å². The molecule has 0 aliphatic carbocycles. The second kappa shape index (κ2) is 4.94. The van der Waals surface area contributed by atoms with Gasteiger partial charge in [-0.25, -0.2) is 0 Å². The summed E-state index contributed by atoms with van der Waals surface area (Å²) in [5.74, 6) is -1.01. The van der Waals surface area contributed by atoms with E-state index in [1.54, 1.807) is 6.92 Å². The highest BCUT2D eigenvalue weighted by Crippen LogP contribution is 2.15. The summed E-state index contributed by atoms with van der Waals surface area (Å²) in [7, 11) is 0. The summed E-state index contributed by atoms with van der Waals surface area (Å²) in [5, 5.41) is 12.4. The maximum Gasteiger partial charge on any atom is 0.307 e. The maximum atomic E-state index is 10.9. The third-order valence-electron chi connectivity index (χ3n) is 3.27. The van der Waals surface area contributed by atoms with Crippen LogP contribution < -0.4 is 5.32 Å². The Morgan fingerprint density at radius 2 is 1.80 bits per heavy atom. The lowest BCUT2D eigenvalue weighted by molar-refractivity contribution is -0.143. The predicted octanol–water partition coefficient (Wildman–Crippen LogP) is 0.778. The molecule has 0 radical (unpaired) electrons. The van der Waals surface area contributed by atoms with Gasteiger partial charge in [0.2, 0.25) is 0 Å². The van der Waals surface area contributed by atoms with Crippen LogP contribution in [0, 0.1) is 5.92 Å². The molecule has 4 heteroatoms. The van der Waals surface area contributed by atoms with Gasteiger partial charge in [0.05, 0.1) is 5.92 Å². The van der Waals surface area contributed by atoms with Crippen LogP contribution in [0.25, 0.3) is 0 Å². The number of rotatable bonds is 3. The summed E-state index contributed by atoms with van der Waals surface area (Å²) in [6, 6.07) is 0.990. The second-order valence-corrected chi connectivity index (χ2v) is 4.79. The number of carboxylic acids is 1. The molecule has 4 unspecified atom stereocenters. The normalized spacial score (nSPS) is 32.3. The number of nitrogens with one attached hydrogen (secondary N) is 1. The van der Waals surface area contributed by atoms with Crippen molar-refractivity contribution in [2.75, 3.05) is 13.1 Å². The Labute approximate surface area is 91.6 Å². The lowest BCUT2D eigenvalue weighted by Crippen LogP contribution is -2.58. The molecule has 4 nitrogen and oxygen atoms in total. The summed E-state index contributed by atoms with van der Waals surface area (Å²) in [5.41, 5.74) is 0. The zero-order valence-corrected chi connectivity index (χ0v) is 10.0. The third-order valence-corrected chi connectivity index (χ3v) is 3.27. The lowest BCUT2D eigenvalue weighted by Gasteiger charge is -2.40. The molecule has 1 saturated heterocycles. The minimum absolute atomic E-state index is 0.106. The molecule has 4 atom stereocenters. The fourth-order valence-corrected chi connectivity index (χ4v) is 2.22. The predicted molar refractivity (Wildman–Crippen MR) is 59.9 cm³/mol. The van der Waals surface area contributed by atoms with Gasteiger partial charge < -0.3 is 10.4 Å². The van der Waals surface area contributed by atoms with Crippen molar-refractivity contribution < 1.29 is 9.90 Å². The number of nitrogens with zero attached hydrogens (tertiary/aromatic N) is 1. The summed E-state index contributed by atoms with van der Waals surface area (Å²) in [6.07, 6.45) is 0. The minimum atomic E-state index is -0.707. The molecular weight excluding hydrogens is 192 g/mol. The van der Waals surface area contributed by atoms with E-state index in [1.165, 1.54) is 0 Å². The zero-order chi connectivity index (χ0) is 11.6. The van der Waals surface area contributed by atoms with Gasteiger partial charge in [-0.15, -0.1) is 0 Å². The molecule has 0 bridgehead atoms. The maximum absolute atomic E-state index is 10.9. The van der Waals surface area contributed by atoms with E-state index in [9.17, 15) is 4.79 Å². The van der Waals surface area contributed by atoms with Gasteiger partial charge in [-0.2, -0.15) is 0 Å². The molecule has 2 N–H and O–H groups in total. The number of carboxylic acid groups (broad SMARTS) is 1. The highest BCUT2D eigenvalue weighted by Gasteiger charge is 2.30. The first kappa shape index (κ1) is 12.5. The summed E-state index contributed by atoms with van der Waals surface area (Å²) in [4.78, 5) is 13.2. The van der Waals surface area contributed by atoms with Gasteiger partial charge in [-0.3, -0.25) is 9.69 Å². The van der Waals surface area contributed by atoms with Crippen molar-refractivity contribution in [1.29, 1.82) is 0 Å². The lowest BCUT2D eigenvalue weighted by atomic mass is 9.99. The second-order valence-electron chi connectivity index (χ2n) is 4.79. The van der Waals surface area contributed by atoms with E-state index < -0.39 is 5.97 Å². The first-order valence-electron chi connectivity index (χ1n) is 5.64. The fourth-order valence-electron chi connectivity index (χ4n) is 2.22. The number of aliphatic carboxylic acids is 1. The Balaban J connectivity index is 2.58. The van der Waals surface area contributed by atoms with E-state index in [-0.39, 0.29) is 12.0 Å². The van der Waals surface area contributed by atoms with Crippen molar-refractivity contribution in [3.63, 3.8) is 0 Å². The van der Waals surface area contributed by atoms with Crippen LogP contribution >= 0.6 is 0 Å².